The smallest absolute Gasteiger partial charge is 0.265 e. The SMILES string of the molecule is CC(=O)Nc1c(-c2ccccn2)nsc1C(=O)NC1CC1. The topological polar surface area (TPSA) is 84.0 Å². The lowest BCUT2D eigenvalue weighted by molar-refractivity contribution is -0.114. The normalized spacial score (nSPS) is 13.8. The van der Waals surface area contributed by atoms with Gasteiger partial charge in [0.15, 0.2) is 0 Å². The van der Waals surface area contributed by atoms with Gasteiger partial charge >= 0.3 is 0 Å². The summed E-state index contributed by atoms with van der Waals surface area (Å²) in [4.78, 5) is 28.3. The summed E-state index contributed by atoms with van der Waals surface area (Å²) in [6.45, 7) is 1.41. The summed E-state index contributed by atoms with van der Waals surface area (Å²) in [5.41, 5.74) is 1.59. The first kappa shape index (κ1) is 13.7. The predicted molar refractivity (Wildman–Crippen MR) is 80.1 cm³/mol. The Morgan fingerprint density at radius 3 is 2.76 bits per heavy atom. The Morgan fingerprint density at radius 2 is 2.14 bits per heavy atom. The number of hydrogen-bond donors (Lipinski definition) is 2. The second-order valence-electron chi connectivity index (χ2n) is 4.88. The fourth-order valence-corrected chi connectivity index (χ4v) is 2.64. The van der Waals surface area contributed by atoms with E-state index in [4.69, 9.17) is 0 Å². The molecule has 2 aromatic heterocycles. The molecule has 0 bridgehead atoms. The molecule has 0 spiro atoms. The third-order valence-corrected chi connectivity index (χ3v) is 3.87. The van der Waals surface area contributed by atoms with Crippen molar-refractivity contribution in [2.75, 3.05) is 5.32 Å². The Labute approximate surface area is 125 Å². The summed E-state index contributed by atoms with van der Waals surface area (Å²) >= 11 is 1.07. The van der Waals surface area contributed by atoms with E-state index in [0.717, 1.165) is 24.4 Å². The van der Waals surface area contributed by atoms with Crippen LogP contribution in [0.25, 0.3) is 11.4 Å². The van der Waals surface area contributed by atoms with E-state index in [9.17, 15) is 9.59 Å². The van der Waals surface area contributed by atoms with Crippen LogP contribution in [0.5, 0.6) is 0 Å². The van der Waals surface area contributed by atoms with Crippen molar-refractivity contribution < 1.29 is 9.59 Å². The quantitative estimate of drug-likeness (QED) is 0.905. The van der Waals surface area contributed by atoms with E-state index in [1.807, 2.05) is 6.07 Å². The van der Waals surface area contributed by atoms with E-state index in [2.05, 4.69) is 20.0 Å². The highest BCUT2D eigenvalue weighted by Gasteiger charge is 2.28. The third kappa shape index (κ3) is 3.08. The van der Waals surface area contributed by atoms with Crippen molar-refractivity contribution in [2.45, 2.75) is 25.8 Å². The van der Waals surface area contributed by atoms with Gasteiger partial charge in [-0.15, -0.1) is 0 Å². The zero-order valence-electron chi connectivity index (χ0n) is 11.4. The number of anilines is 1. The zero-order chi connectivity index (χ0) is 14.8. The van der Waals surface area contributed by atoms with E-state index in [1.165, 1.54) is 6.92 Å². The Balaban J connectivity index is 1.98. The molecule has 1 aliphatic carbocycles. The number of amides is 2. The predicted octanol–water partition coefficient (Wildman–Crippen LogP) is 2.06. The number of pyridine rings is 1. The molecular formula is C14H14N4O2S. The average molecular weight is 302 g/mol. The van der Waals surface area contributed by atoms with Crippen LogP contribution in [0.1, 0.15) is 29.4 Å². The van der Waals surface area contributed by atoms with Gasteiger partial charge in [0.1, 0.15) is 10.6 Å². The first-order chi connectivity index (χ1) is 10.1. The van der Waals surface area contributed by atoms with E-state index in [1.54, 1.807) is 18.3 Å². The van der Waals surface area contributed by atoms with Crippen molar-refractivity contribution >= 4 is 29.0 Å². The Morgan fingerprint density at radius 1 is 1.33 bits per heavy atom. The van der Waals surface area contributed by atoms with Gasteiger partial charge in [-0.1, -0.05) is 6.07 Å². The molecule has 1 saturated carbocycles. The van der Waals surface area contributed by atoms with Crippen molar-refractivity contribution in [3.05, 3.63) is 29.3 Å². The average Bonchev–Trinajstić information content (AvgIpc) is 3.17. The monoisotopic (exact) mass is 302 g/mol. The van der Waals surface area contributed by atoms with Gasteiger partial charge in [-0.3, -0.25) is 14.6 Å². The number of carbonyl (C=O) groups excluding carboxylic acids is 2. The van der Waals surface area contributed by atoms with Crippen LogP contribution in [0.15, 0.2) is 24.4 Å². The van der Waals surface area contributed by atoms with Gasteiger partial charge in [0, 0.05) is 19.2 Å². The minimum Gasteiger partial charge on any atom is -0.348 e. The molecule has 2 heterocycles. The molecule has 0 saturated heterocycles. The van der Waals surface area contributed by atoms with Crippen LogP contribution in [0.3, 0.4) is 0 Å². The lowest BCUT2D eigenvalue weighted by Gasteiger charge is -2.06. The van der Waals surface area contributed by atoms with Crippen molar-refractivity contribution in [1.82, 2.24) is 14.7 Å². The summed E-state index contributed by atoms with van der Waals surface area (Å²) in [7, 11) is 0. The molecule has 0 aliphatic heterocycles. The van der Waals surface area contributed by atoms with Gasteiger partial charge in [-0.25, -0.2) is 0 Å². The number of carbonyl (C=O) groups is 2. The largest absolute Gasteiger partial charge is 0.348 e. The van der Waals surface area contributed by atoms with Gasteiger partial charge in [0.25, 0.3) is 5.91 Å². The maximum absolute atomic E-state index is 12.2. The maximum Gasteiger partial charge on any atom is 0.265 e. The number of nitrogens with zero attached hydrogens (tertiary/aromatic N) is 2. The van der Waals surface area contributed by atoms with Gasteiger partial charge in [0.05, 0.1) is 11.4 Å². The molecule has 7 heteroatoms. The molecule has 3 rings (SSSR count). The van der Waals surface area contributed by atoms with Gasteiger partial charge in [0.2, 0.25) is 5.91 Å². The van der Waals surface area contributed by atoms with Crippen LogP contribution in [0, 0.1) is 0 Å². The van der Waals surface area contributed by atoms with Crippen molar-refractivity contribution in [3.8, 4) is 11.4 Å². The van der Waals surface area contributed by atoms with Crippen molar-refractivity contribution in [3.63, 3.8) is 0 Å². The second kappa shape index (κ2) is 5.61. The molecule has 0 radical (unpaired) electrons. The minimum absolute atomic E-state index is 0.194. The fourth-order valence-electron chi connectivity index (χ4n) is 1.89. The minimum atomic E-state index is -0.243. The molecule has 1 aliphatic rings. The molecule has 2 amide bonds. The zero-order valence-corrected chi connectivity index (χ0v) is 12.2. The van der Waals surface area contributed by atoms with E-state index in [-0.39, 0.29) is 17.9 Å². The van der Waals surface area contributed by atoms with Crippen LogP contribution in [0.2, 0.25) is 0 Å². The van der Waals surface area contributed by atoms with Crippen LogP contribution in [0.4, 0.5) is 5.69 Å². The Bertz CT molecular complexity index is 680. The highest BCUT2D eigenvalue weighted by atomic mass is 32.1. The van der Waals surface area contributed by atoms with Crippen LogP contribution in [-0.4, -0.2) is 27.2 Å². The third-order valence-electron chi connectivity index (χ3n) is 3.02. The molecule has 0 atom stereocenters. The maximum atomic E-state index is 12.2. The summed E-state index contributed by atoms with van der Waals surface area (Å²) in [5.74, 6) is -0.436. The standard InChI is InChI=1S/C14H14N4O2S/c1-8(19)16-12-11(10-4-2-3-7-15-10)18-21-13(12)14(20)17-9-5-6-9/h2-4,7,9H,5-6H2,1H3,(H,16,19)(H,17,20). The molecule has 2 aromatic rings. The summed E-state index contributed by atoms with van der Waals surface area (Å²) in [6.07, 6.45) is 3.66. The van der Waals surface area contributed by atoms with Crippen LogP contribution in [-0.2, 0) is 4.79 Å². The van der Waals surface area contributed by atoms with E-state index < -0.39 is 0 Å². The van der Waals surface area contributed by atoms with E-state index in [0.29, 0.717) is 22.0 Å². The van der Waals surface area contributed by atoms with Crippen molar-refractivity contribution in [1.29, 1.82) is 0 Å². The van der Waals surface area contributed by atoms with Crippen molar-refractivity contribution in [2.24, 2.45) is 0 Å². The van der Waals surface area contributed by atoms with Gasteiger partial charge in [-0.05, 0) is 36.5 Å². The van der Waals surface area contributed by atoms with Crippen LogP contribution < -0.4 is 10.6 Å². The molecular weight excluding hydrogens is 288 g/mol. The molecule has 21 heavy (non-hydrogen) atoms. The highest BCUT2D eigenvalue weighted by Crippen LogP contribution is 2.33. The molecule has 0 unspecified atom stereocenters. The number of hydrogen-bond acceptors (Lipinski definition) is 5. The number of rotatable bonds is 4. The molecule has 0 aromatic carbocycles. The lowest BCUT2D eigenvalue weighted by atomic mass is 10.2. The molecule has 2 N–H and O–H groups in total. The Hall–Kier alpha value is -2.28. The molecule has 1 fully saturated rings. The second-order valence-corrected chi connectivity index (χ2v) is 5.65. The fraction of sp³-hybridized carbons (Fsp3) is 0.286. The molecule has 6 nitrogen and oxygen atoms in total. The summed E-state index contributed by atoms with van der Waals surface area (Å²) < 4.78 is 4.29. The highest BCUT2D eigenvalue weighted by molar-refractivity contribution is 7.09. The van der Waals surface area contributed by atoms with Crippen LogP contribution >= 0.6 is 11.5 Å². The lowest BCUT2D eigenvalue weighted by Crippen LogP contribution is -2.25. The number of aromatic nitrogens is 2. The Kier molecular flexibility index (Phi) is 3.66. The first-order valence-corrected chi connectivity index (χ1v) is 7.42. The number of nitrogens with one attached hydrogen (secondary N) is 2. The summed E-state index contributed by atoms with van der Waals surface area (Å²) in [6, 6.07) is 5.68. The van der Waals surface area contributed by atoms with E-state index >= 15 is 0 Å². The van der Waals surface area contributed by atoms with Gasteiger partial charge in [-0.2, -0.15) is 4.37 Å². The molecule has 108 valence electrons. The summed E-state index contributed by atoms with van der Waals surface area (Å²) in [5, 5.41) is 5.61. The first-order valence-electron chi connectivity index (χ1n) is 6.64. The van der Waals surface area contributed by atoms with Gasteiger partial charge < -0.3 is 10.6 Å².